The van der Waals surface area contributed by atoms with Crippen molar-refractivity contribution in [2.24, 2.45) is 0 Å². The normalized spacial score (nSPS) is 14.1. The van der Waals surface area contributed by atoms with Gasteiger partial charge in [0, 0.05) is 50.4 Å². The van der Waals surface area contributed by atoms with Gasteiger partial charge in [-0.1, -0.05) is 30.3 Å². The monoisotopic (exact) mass is 365 g/mol. The van der Waals surface area contributed by atoms with Crippen LogP contribution in [0.25, 0.3) is 0 Å². The number of nitrogens with one attached hydrogen (secondary N) is 1. The van der Waals surface area contributed by atoms with Gasteiger partial charge in [-0.2, -0.15) is 0 Å². The Hall–Kier alpha value is -2.82. The summed E-state index contributed by atoms with van der Waals surface area (Å²) >= 11 is 0. The predicted molar refractivity (Wildman–Crippen MR) is 108 cm³/mol. The molecule has 1 fully saturated rings. The smallest absolute Gasteiger partial charge is 0.251 e. The lowest BCUT2D eigenvalue weighted by Gasteiger charge is -2.37. The predicted octanol–water partition coefficient (Wildman–Crippen LogP) is 2.77. The lowest BCUT2D eigenvalue weighted by molar-refractivity contribution is -0.131. The number of rotatable bonds is 5. The highest BCUT2D eigenvalue weighted by molar-refractivity contribution is 5.94. The molecule has 1 heterocycles. The van der Waals surface area contributed by atoms with Crippen LogP contribution in [0.3, 0.4) is 0 Å². The second-order valence-corrected chi connectivity index (χ2v) is 6.96. The highest BCUT2D eigenvalue weighted by Crippen LogP contribution is 2.23. The van der Waals surface area contributed by atoms with E-state index in [2.05, 4.69) is 42.3 Å². The van der Waals surface area contributed by atoms with Crippen LogP contribution in [0.4, 0.5) is 5.69 Å². The molecule has 1 aliphatic rings. The van der Waals surface area contributed by atoms with Crippen LogP contribution in [-0.2, 0) is 4.79 Å². The quantitative estimate of drug-likeness (QED) is 0.886. The van der Waals surface area contributed by atoms with E-state index in [1.165, 1.54) is 16.8 Å². The van der Waals surface area contributed by atoms with Gasteiger partial charge >= 0.3 is 0 Å². The second kappa shape index (κ2) is 8.71. The minimum absolute atomic E-state index is 0.101. The second-order valence-electron chi connectivity index (χ2n) is 6.96. The molecule has 142 valence electrons. The first-order chi connectivity index (χ1) is 13.1. The Morgan fingerprint density at radius 3 is 2.33 bits per heavy atom. The molecule has 0 bridgehead atoms. The minimum Gasteiger partial charge on any atom is -0.368 e. The topological polar surface area (TPSA) is 52.6 Å². The number of anilines is 1. The Balaban J connectivity index is 1.45. The fourth-order valence-electron chi connectivity index (χ4n) is 3.41. The highest BCUT2D eigenvalue weighted by Gasteiger charge is 2.22. The largest absolute Gasteiger partial charge is 0.368 e. The molecule has 0 atom stereocenters. The molecular formula is C22H27N3O2. The Kier molecular flexibility index (Phi) is 6.12. The van der Waals surface area contributed by atoms with E-state index in [4.69, 9.17) is 0 Å². The summed E-state index contributed by atoms with van der Waals surface area (Å²) in [5.74, 6) is -0.0351. The number of hydrogen-bond donors (Lipinski definition) is 1. The van der Waals surface area contributed by atoms with Gasteiger partial charge in [-0.25, -0.2) is 0 Å². The first kappa shape index (κ1) is 19.0. The summed E-state index contributed by atoms with van der Waals surface area (Å²) in [5.41, 5.74) is 4.48. The SMILES string of the molecule is Cc1cccc(N2CCN(C(=O)CCNC(=O)c3ccccc3)CC2)c1C. The highest BCUT2D eigenvalue weighted by atomic mass is 16.2. The zero-order valence-corrected chi connectivity index (χ0v) is 16.1. The maximum Gasteiger partial charge on any atom is 0.251 e. The maximum absolute atomic E-state index is 12.4. The molecule has 2 aromatic carbocycles. The maximum atomic E-state index is 12.4. The van der Waals surface area contributed by atoms with Gasteiger partial charge in [0.25, 0.3) is 5.91 Å². The Bertz CT molecular complexity index is 796. The number of hydrogen-bond acceptors (Lipinski definition) is 3. The zero-order valence-electron chi connectivity index (χ0n) is 16.1. The number of aryl methyl sites for hydroxylation is 1. The van der Waals surface area contributed by atoms with Crippen molar-refractivity contribution < 1.29 is 9.59 Å². The van der Waals surface area contributed by atoms with E-state index in [9.17, 15) is 9.59 Å². The molecule has 27 heavy (non-hydrogen) atoms. The van der Waals surface area contributed by atoms with Crippen molar-refractivity contribution in [2.75, 3.05) is 37.6 Å². The number of piperazine rings is 1. The summed E-state index contributed by atoms with van der Waals surface area (Å²) in [4.78, 5) is 28.7. The molecule has 0 spiro atoms. The van der Waals surface area contributed by atoms with Crippen LogP contribution < -0.4 is 10.2 Å². The number of carbonyl (C=O) groups excluding carboxylic acids is 2. The van der Waals surface area contributed by atoms with E-state index in [-0.39, 0.29) is 11.8 Å². The van der Waals surface area contributed by atoms with Gasteiger partial charge in [-0.15, -0.1) is 0 Å². The summed E-state index contributed by atoms with van der Waals surface area (Å²) in [5, 5.41) is 2.82. The van der Waals surface area contributed by atoms with Crippen LogP contribution in [0.15, 0.2) is 48.5 Å². The third kappa shape index (κ3) is 4.67. The van der Waals surface area contributed by atoms with Crippen LogP contribution >= 0.6 is 0 Å². The lowest BCUT2D eigenvalue weighted by atomic mass is 10.1. The zero-order chi connectivity index (χ0) is 19.2. The molecule has 0 radical (unpaired) electrons. The van der Waals surface area contributed by atoms with E-state index in [1.54, 1.807) is 12.1 Å². The van der Waals surface area contributed by atoms with Crippen molar-refractivity contribution in [3.05, 3.63) is 65.2 Å². The van der Waals surface area contributed by atoms with Gasteiger partial charge in [0.1, 0.15) is 0 Å². The molecular weight excluding hydrogens is 338 g/mol. The molecule has 1 saturated heterocycles. The fraction of sp³-hybridized carbons (Fsp3) is 0.364. The van der Waals surface area contributed by atoms with Crippen molar-refractivity contribution in [2.45, 2.75) is 20.3 Å². The molecule has 0 unspecified atom stereocenters. The summed E-state index contributed by atoms with van der Waals surface area (Å²) in [7, 11) is 0. The molecule has 5 heteroatoms. The third-order valence-corrected chi connectivity index (χ3v) is 5.21. The standard InChI is InChI=1S/C22H27N3O2/c1-17-7-6-10-20(18(17)2)24-13-15-25(16-14-24)21(26)11-12-23-22(27)19-8-4-3-5-9-19/h3-10H,11-16H2,1-2H3,(H,23,27). The first-order valence-corrected chi connectivity index (χ1v) is 9.48. The van der Waals surface area contributed by atoms with E-state index in [0.29, 0.717) is 18.5 Å². The summed E-state index contributed by atoms with van der Waals surface area (Å²) in [6.07, 6.45) is 0.335. The molecule has 1 aliphatic heterocycles. The molecule has 0 saturated carbocycles. The van der Waals surface area contributed by atoms with E-state index in [0.717, 1.165) is 26.2 Å². The molecule has 2 amide bonds. The van der Waals surface area contributed by atoms with Gasteiger partial charge < -0.3 is 15.1 Å². The summed E-state index contributed by atoms with van der Waals surface area (Å²) in [6, 6.07) is 15.4. The van der Waals surface area contributed by atoms with Crippen LogP contribution in [0.1, 0.15) is 27.9 Å². The first-order valence-electron chi connectivity index (χ1n) is 9.48. The Labute approximate surface area is 161 Å². The third-order valence-electron chi connectivity index (χ3n) is 5.21. The average Bonchev–Trinajstić information content (AvgIpc) is 2.70. The van der Waals surface area contributed by atoms with Crippen molar-refractivity contribution in [3.63, 3.8) is 0 Å². The van der Waals surface area contributed by atoms with Gasteiger partial charge in [-0.3, -0.25) is 9.59 Å². The van der Waals surface area contributed by atoms with Crippen molar-refractivity contribution >= 4 is 17.5 Å². The molecule has 0 aromatic heterocycles. The molecule has 3 rings (SSSR count). The molecule has 0 aliphatic carbocycles. The number of nitrogens with zero attached hydrogens (tertiary/aromatic N) is 2. The van der Waals surface area contributed by atoms with Crippen LogP contribution in [0.5, 0.6) is 0 Å². The minimum atomic E-state index is -0.136. The van der Waals surface area contributed by atoms with Gasteiger partial charge in [0.05, 0.1) is 0 Å². The van der Waals surface area contributed by atoms with Crippen molar-refractivity contribution in [1.29, 1.82) is 0 Å². The lowest BCUT2D eigenvalue weighted by Crippen LogP contribution is -2.49. The Morgan fingerprint density at radius 1 is 0.926 bits per heavy atom. The van der Waals surface area contributed by atoms with E-state index >= 15 is 0 Å². The van der Waals surface area contributed by atoms with Gasteiger partial charge in [-0.05, 0) is 43.2 Å². The van der Waals surface area contributed by atoms with E-state index < -0.39 is 0 Å². The van der Waals surface area contributed by atoms with Crippen LogP contribution in [-0.4, -0.2) is 49.4 Å². The fourth-order valence-corrected chi connectivity index (χ4v) is 3.41. The molecule has 1 N–H and O–H groups in total. The van der Waals surface area contributed by atoms with Crippen LogP contribution in [0.2, 0.25) is 0 Å². The summed E-state index contributed by atoms with van der Waals surface area (Å²) < 4.78 is 0. The van der Waals surface area contributed by atoms with Crippen molar-refractivity contribution in [3.8, 4) is 0 Å². The Morgan fingerprint density at radius 2 is 1.63 bits per heavy atom. The molecule has 2 aromatic rings. The van der Waals surface area contributed by atoms with Gasteiger partial charge in [0.2, 0.25) is 5.91 Å². The summed E-state index contributed by atoms with van der Waals surface area (Å²) in [6.45, 7) is 7.76. The van der Waals surface area contributed by atoms with Crippen LogP contribution in [0, 0.1) is 13.8 Å². The van der Waals surface area contributed by atoms with Gasteiger partial charge in [0.15, 0.2) is 0 Å². The van der Waals surface area contributed by atoms with Crippen molar-refractivity contribution in [1.82, 2.24) is 10.2 Å². The number of carbonyl (C=O) groups is 2. The number of benzene rings is 2. The van der Waals surface area contributed by atoms with E-state index in [1.807, 2.05) is 23.1 Å². The number of amides is 2. The molecule has 5 nitrogen and oxygen atoms in total. The average molecular weight is 365 g/mol.